The largest absolute Gasteiger partial charge is 0.483 e. The van der Waals surface area contributed by atoms with E-state index in [-0.39, 0.29) is 12.5 Å². The highest BCUT2D eigenvalue weighted by Gasteiger charge is 2.07. The Labute approximate surface area is 120 Å². The first-order valence-electron chi connectivity index (χ1n) is 5.66. The standard InChI is InChI=1S/C13H13ClN2O2S/c1-8-5-10(14)3-4-11(8)18-7-12(17)16-13-15-6-9(2)19-13/h3-6H,7H2,1-2H3,(H,15,16,17). The number of anilines is 1. The summed E-state index contributed by atoms with van der Waals surface area (Å²) in [5.41, 5.74) is 0.894. The summed E-state index contributed by atoms with van der Waals surface area (Å²) < 4.78 is 5.44. The molecule has 0 spiro atoms. The molecule has 0 aliphatic heterocycles. The Balaban J connectivity index is 1.89. The second-order valence-corrected chi connectivity index (χ2v) is 5.69. The molecule has 19 heavy (non-hydrogen) atoms. The second kappa shape index (κ2) is 6.04. The molecule has 4 nitrogen and oxygen atoms in total. The van der Waals surface area contributed by atoms with Gasteiger partial charge in [0.25, 0.3) is 5.91 Å². The van der Waals surface area contributed by atoms with Crippen LogP contribution in [-0.2, 0) is 4.79 Å². The van der Waals surface area contributed by atoms with Crippen molar-refractivity contribution in [2.45, 2.75) is 13.8 Å². The smallest absolute Gasteiger partial charge is 0.264 e. The first kappa shape index (κ1) is 13.8. The number of rotatable bonds is 4. The lowest BCUT2D eigenvalue weighted by Gasteiger charge is -2.08. The normalized spacial score (nSPS) is 10.3. The van der Waals surface area contributed by atoms with Gasteiger partial charge >= 0.3 is 0 Å². The first-order chi connectivity index (χ1) is 9.04. The van der Waals surface area contributed by atoms with Crippen LogP contribution in [0.15, 0.2) is 24.4 Å². The number of nitrogens with one attached hydrogen (secondary N) is 1. The minimum absolute atomic E-state index is 0.0545. The summed E-state index contributed by atoms with van der Waals surface area (Å²) in [6.07, 6.45) is 1.71. The molecular formula is C13H13ClN2O2S. The zero-order chi connectivity index (χ0) is 13.8. The predicted octanol–water partition coefficient (Wildman–Crippen LogP) is 3.43. The number of amides is 1. The van der Waals surface area contributed by atoms with Gasteiger partial charge in [-0.2, -0.15) is 0 Å². The van der Waals surface area contributed by atoms with Gasteiger partial charge in [0.15, 0.2) is 11.7 Å². The van der Waals surface area contributed by atoms with E-state index in [0.29, 0.717) is 15.9 Å². The molecule has 6 heteroatoms. The van der Waals surface area contributed by atoms with E-state index in [2.05, 4.69) is 10.3 Å². The van der Waals surface area contributed by atoms with Crippen molar-refractivity contribution in [3.63, 3.8) is 0 Å². The zero-order valence-corrected chi connectivity index (χ0v) is 12.1. The number of ether oxygens (including phenoxy) is 1. The maximum absolute atomic E-state index is 11.7. The Morgan fingerprint density at radius 1 is 1.47 bits per heavy atom. The molecular weight excluding hydrogens is 284 g/mol. The van der Waals surface area contributed by atoms with Crippen molar-refractivity contribution >= 4 is 34.0 Å². The minimum Gasteiger partial charge on any atom is -0.483 e. The summed E-state index contributed by atoms with van der Waals surface area (Å²) in [7, 11) is 0. The van der Waals surface area contributed by atoms with Crippen LogP contribution in [0.3, 0.4) is 0 Å². The number of nitrogens with zero attached hydrogens (tertiary/aromatic N) is 1. The molecule has 0 unspecified atom stereocenters. The molecule has 100 valence electrons. The van der Waals surface area contributed by atoms with E-state index in [0.717, 1.165) is 10.4 Å². The van der Waals surface area contributed by atoms with Gasteiger partial charge in [-0.15, -0.1) is 11.3 Å². The van der Waals surface area contributed by atoms with Crippen molar-refractivity contribution in [1.82, 2.24) is 4.98 Å². The number of benzene rings is 1. The van der Waals surface area contributed by atoms with E-state index in [1.807, 2.05) is 13.8 Å². The fourth-order valence-corrected chi connectivity index (χ4v) is 2.39. The maximum Gasteiger partial charge on any atom is 0.264 e. The van der Waals surface area contributed by atoms with Gasteiger partial charge < -0.3 is 4.74 Å². The molecule has 0 atom stereocenters. The van der Waals surface area contributed by atoms with Crippen molar-refractivity contribution < 1.29 is 9.53 Å². The van der Waals surface area contributed by atoms with E-state index in [4.69, 9.17) is 16.3 Å². The SMILES string of the molecule is Cc1cnc(NC(=O)COc2ccc(Cl)cc2C)s1. The van der Waals surface area contributed by atoms with Crippen LogP contribution in [0, 0.1) is 13.8 Å². The second-order valence-electron chi connectivity index (χ2n) is 4.02. The van der Waals surface area contributed by atoms with Gasteiger partial charge in [-0.3, -0.25) is 10.1 Å². The molecule has 0 saturated heterocycles. The molecule has 1 amide bonds. The van der Waals surface area contributed by atoms with Gasteiger partial charge in [0, 0.05) is 16.1 Å². The summed E-state index contributed by atoms with van der Waals surface area (Å²) in [5, 5.41) is 3.91. The highest BCUT2D eigenvalue weighted by atomic mass is 35.5. The molecule has 1 aromatic heterocycles. The number of halogens is 1. The van der Waals surface area contributed by atoms with Crippen molar-refractivity contribution in [3.05, 3.63) is 39.9 Å². The molecule has 1 N–H and O–H groups in total. The fraction of sp³-hybridized carbons (Fsp3) is 0.231. The van der Waals surface area contributed by atoms with Crippen LogP contribution in [-0.4, -0.2) is 17.5 Å². The first-order valence-corrected chi connectivity index (χ1v) is 6.85. The van der Waals surface area contributed by atoms with Crippen LogP contribution in [0.2, 0.25) is 5.02 Å². The quantitative estimate of drug-likeness (QED) is 0.940. The maximum atomic E-state index is 11.7. The average Bonchev–Trinajstić information content (AvgIpc) is 2.73. The molecule has 2 aromatic rings. The molecule has 0 bridgehead atoms. The highest BCUT2D eigenvalue weighted by Crippen LogP contribution is 2.22. The van der Waals surface area contributed by atoms with Crippen LogP contribution in [0.5, 0.6) is 5.75 Å². The van der Waals surface area contributed by atoms with Crippen LogP contribution < -0.4 is 10.1 Å². The molecule has 1 heterocycles. The third kappa shape index (κ3) is 3.94. The van der Waals surface area contributed by atoms with Gasteiger partial charge in [0.1, 0.15) is 5.75 Å². The summed E-state index contributed by atoms with van der Waals surface area (Å²) in [4.78, 5) is 16.8. The van der Waals surface area contributed by atoms with Gasteiger partial charge in [0.2, 0.25) is 0 Å². The Morgan fingerprint density at radius 2 is 2.26 bits per heavy atom. The average molecular weight is 297 g/mol. The third-order valence-electron chi connectivity index (χ3n) is 2.36. The summed E-state index contributed by atoms with van der Waals surface area (Å²) in [6, 6.07) is 5.27. The summed E-state index contributed by atoms with van der Waals surface area (Å²) >= 11 is 7.27. The lowest BCUT2D eigenvalue weighted by molar-refractivity contribution is -0.118. The van der Waals surface area contributed by atoms with Crippen molar-refractivity contribution in [3.8, 4) is 5.75 Å². The number of thiazole rings is 1. The minimum atomic E-state index is -0.233. The monoisotopic (exact) mass is 296 g/mol. The number of hydrogen-bond acceptors (Lipinski definition) is 4. The summed E-state index contributed by atoms with van der Waals surface area (Å²) in [5.74, 6) is 0.415. The molecule has 0 saturated carbocycles. The Hall–Kier alpha value is -1.59. The number of aryl methyl sites for hydroxylation is 2. The van der Waals surface area contributed by atoms with Crippen LogP contribution >= 0.6 is 22.9 Å². The van der Waals surface area contributed by atoms with Crippen LogP contribution in [0.4, 0.5) is 5.13 Å². The molecule has 0 fully saturated rings. The van der Waals surface area contributed by atoms with E-state index >= 15 is 0 Å². The number of carbonyl (C=O) groups excluding carboxylic acids is 1. The van der Waals surface area contributed by atoms with Gasteiger partial charge in [-0.25, -0.2) is 4.98 Å². The lowest BCUT2D eigenvalue weighted by Crippen LogP contribution is -2.20. The van der Waals surface area contributed by atoms with Gasteiger partial charge in [-0.05, 0) is 37.6 Å². The van der Waals surface area contributed by atoms with Gasteiger partial charge in [0.05, 0.1) is 0 Å². The highest BCUT2D eigenvalue weighted by molar-refractivity contribution is 7.15. The molecule has 2 rings (SSSR count). The lowest BCUT2D eigenvalue weighted by atomic mass is 10.2. The Bertz CT molecular complexity index is 598. The van der Waals surface area contributed by atoms with E-state index in [9.17, 15) is 4.79 Å². The van der Waals surface area contributed by atoms with E-state index < -0.39 is 0 Å². The van der Waals surface area contributed by atoms with Crippen molar-refractivity contribution in [2.24, 2.45) is 0 Å². The molecule has 0 radical (unpaired) electrons. The summed E-state index contributed by atoms with van der Waals surface area (Å²) in [6.45, 7) is 3.76. The Morgan fingerprint density at radius 3 is 2.89 bits per heavy atom. The van der Waals surface area contributed by atoms with Crippen molar-refractivity contribution in [2.75, 3.05) is 11.9 Å². The number of aromatic nitrogens is 1. The Kier molecular flexibility index (Phi) is 4.39. The third-order valence-corrected chi connectivity index (χ3v) is 3.43. The van der Waals surface area contributed by atoms with Crippen LogP contribution in [0.25, 0.3) is 0 Å². The molecule has 0 aliphatic rings. The van der Waals surface area contributed by atoms with Gasteiger partial charge in [-0.1, -0.05) is 11.6 Å². The molecule has 0 aliphatic carbocycles. The zero-order valence-electron chi connectivity index (χ0n) is 10.6. The number of carbonyl (C=O) groups is 1. The predicted molar refractivity (Wildman–Crippen MR) is 77.2 cm³/mol. The fourth-order valence-electron chi connectivity index (χ4n) is 1.49. The number of hydrogen-bond donors (Lipinski definition) is 1. The van der Waals surface area contributed by atoms with E-state index in [1.165, 1.54) is 11.3 Å². The molecule has 1 aromatic carbocycles. The van der Waals surface area contributed by atoms with Crippen LogP contribution in [0.1, 0.15) is 10.4 Å². The van der Waals surface area contributed by atoms with E-state index in [1.54, 1.807) is 24.4 Å². The topological polar surface area (TPSA) is 51.2 Å². The van der Waals surface area contributed by atoms with Crippen molar-refractivity contribution in [1.29, 1.82) is 0 Å².